The summed E-state index contributed by atoms with van der Waals surface area (Å²) in [5, 5.41) is 0.461. The molecular formula is C11H10ClN3O3. The van der Waals surface area contributed by atoms with E-state index < -0.39 is 5.56 Å². The van der Waals surface area contributed by atoms with Crippen molar-refractivity contribution in [1.29, 1.82) is 0 Å². The molecule has 18 heavy (non-hydrogen) atoms. The Kier molecular flexibility index (Phi) is 3.38. The number of benzene rings is 1. The molecule has 2 rings (SSSR count). The number of nitrogen functional groups attached to an aromatic ring is 1. The minimum atomic E-state index is -0.442. The fourth-order valence-corrected chi connectivity index (χ4v) is 1.49. The van der Waals surface area contributed by atoms with E-state index in [-0.39, 0.29) is 11.6 Å². The first-order valence-corrected chi connectivity index (χ1v) is 5.34. The number of rotatable bonds is 3. The van der Waals surface area contributed by atoms with Crippen molar-refractivity contribution in [3.05, 3.63) is 39.9 Å². The van der Waals surface area contributed by atoms with Gasteiger partial charge >= 0.3 is 0 Å². The van der Waals surface area contributed by atoms with Crippen LogP contribution in [0.2, 0.25) is 5.02 Å². The van der Waals surface area contributed by atoms with E-state index >= 15 is 0 Å². The molecule has 1 heterocycles. The lowest BCUT2D eigenvalue weighted by Gasteiger charge is -2.09. The first-order valence-electron chi connectivity index (χ1n) is 4.96. The number of halogens is 1. The molecule has 0 fully saturated rings. The molecule has 6 nitrogen and oxygen atoms in total. The number of anilines is 1. The Balaban J connectivity index is 2.43. The molecule has 7 heteroatoms. The second-order valence-corrected chi connectivity index (χ2v) is 3.79. The lowest BCUT2D eigenvalue weighted by molar-refractivity contribution is 0.363. The van der Waals surface area contributed by atoms with Crippen LogP contribution >= 0.6 is 11.6 Å². The molecule has 2 aromatic rings. The molecular weight excluding hydrogens is 258 g/mol. The van der Waals surface area contributed by atoms with Gasteiger partial charge in [-0.3, -0.25) is 4.79 Å². The van der Waals surface area contributed by atoms with Crippen LogP contribution in [0.1, 0.15) is 0 Å². The normalized spacial score (nSPS) is 10.1. The highest BCUT2D eigenvalue weighted by Gasteiger charge is 2.13. The van der Waals surface area contributed by atoms with Gasteiger partial charge < -0.3 is 20.2 Å². The number of methoxy groups -OCH3 is 1. The first kappa shape index (κ1) is 12.3. The maximum atomic E-state index is 11.5. The third-order valence-corrected chi connectivity index (χ3v) is 2.40. The smallest absolute Gasteiger partial charge is 0.297 e. The third kappa shape index (κ3) is 2.38. The zero-order valence-electron chi connectivity index (χ0n) is 9.44. The highest BCUT2D eigenvalue weighted by atomic mass is 35.5. The molecule has 0 aliphatic rings. The molecule has 3 N–H and O–H groups in total. The number of nitrogens with one attached hydrogen (secondary N) is 1. The van der Waals surface area contributed by atoms with Crippen LogP contribution in [0.5, 0.6) is 17.4 Å². The van der Waals surface area contributed by atoms with Crippen LogP contribution < -0.4 is 20.8 Å². The number of aromatic nitrogens is 2. The topological polar surface area (TPSA) is 90.2 Å². The monoisotopic (exact) mass is 267 g/mol. The molecule has 0 amide bonds. The number of nitrogens with two attached hydrogens (primary N) is 1. The summed E-state index contributed by atoms with van der Waals surface area (Å²) in [6, 6.07) is 4.75. The van der Waals surface area contributed by atoms with E-state index in [1.807, 2.05) is 0 Å². The average Bonchev–Trinajstić information content (AvgIpc) is 2.34. The molecule has 0 atom stereocenters. The van der Waals surface area contributed by atoms with E-state index in [0.29, 0.717) is 16.5 Å². The van der Waals surface area contributed by atoms with Crippen LogP contribution in [0, 0.1) is 0 Å². The molecule has 0 bridgehead atoms. The zero-order chi connectivity index (χ0) is 13.1. The molecule has 94 valence electrons. The Morgan fingerprint density at radius 1 is 1.44 bits per heavy atom. The van der Waals surface area contributed by atoms with Crippen LogP contribution in [0.4, 0.5) is 5.69 Å². The maximum Gasteiger partial charge on any atom is 0.297 e. The van der Waals surface area contributed by atoms with Crippen LogP contribution in [0.25, 0.3) is 0 Å². The van der Waals surface area contributed by atoms with E-state index in [2.05, 4.69) is 9.97 Å². The van der Waals surface area contributed by atoms with Crippen molar-refractivity contribution in [2.75, 3.05) is 12.8 Å². The van der Waals surface area contributed by atoms with Crippen molar-refractivity contribution in [1.82, 2.24) is 9.97 Å². The first-order chi connectivity index (χ1) is 8.61. The number of hydrogen-bond donors (Lipinski definition) is 2. The summed E-state index contributed by atoms with van der Waals surface area (Å²) in [5.74, 6) is 0.297. The Hall–Kier alpha value is -2.21. The Morgan fingerprint density at radius 2 is 2.22 bits per heavy atom. The molecule has 1 aromatic heterocycles. The summed E-state index contributed by atoms with van der Waals surface area (Å²) in [6.45, 7) is 0. The van der Waals surface area contributed by atoms with Crippen LogP contribution in [0.15, 0.2) is 29.3 Å². The molecule has 0 aliphatic heterocycles. The van der Waals surface area contributed by atoms with Gasteiger partial charge in [0.1, 0.15) is 0 Å². The van der Waals surface area contributed by atoms with E-state index in [4.69, 9.17) is 26.8 Å². The zero-order valence-corrected chi connectivity index (χ0v) is 10.2. The Bertz CT molecular complexity index is 627. The van der Waals surface area contributed by atoms with Crippen molar-refractivity contribution >= 4 is 17.3 Å². The van der Waals surface area contributed by atoms with Gasteiger partial charge in [0.2, 0.25) is 5.75 Å². The van der Waals surface area contributed by atoms with Crippen LogP contribution in [0.3, 0.4) is 0 Å². The molecule has 1 aromatic carbocycles. The van der Waals surface area contributed by atoms with E-state index in [1.165, 1.54) is 19.5 Å². The van der Waals surface area contributed by atoms with Gasteiger partial charge in [-0.25, -0.2) is 4.98 Å². The van der Waals surface area contributed by atoms with Gasteiger partial charge in [-0.05, 0) is 12.1 Å². The van der Waals surface area contributed by atoms with E-state index in [0.717, 1.165) is 0 Å². The Labute approximate surface area is 107 Å². The minimum absolute atomic E-state index is 0.0233. The van der Waals surface area contributed by atoms with Gasteiger partial charge in [-0.2, -0.15) is 0 Å². The summed E-state index contributed by atoms with van der Waals surface area (Å²) >= 11 is 5.83. The number of aromatic amines is 1. The van der Waals surface area contributed by atoms with E-state index in [1.54, 1.807) is 12.1 Å². The van der Waals surface area contributed by atoms with Crippen molar-refractivity contribution in [3.8, 4) is 17.4 Å². The van der Waals surface area contributed by atoms with Gasteiger partial charge in [0.15, 0.2) is 5.75 Å². The number of hydrogen-bond acceptors (Lipinski definition) is 5. The van der Waals surface area contributed by atoms with Crippen molar-refractivity contribution in [2.24, 2.45) is 0 Å². The van der Waals surface area contributed by atoms with Gasteiger partial charge in [0.25, 0.3) is 11.4 Å². The van der Waals surface area contributed by atoms with Crippen molar-refractivity contribution in [3.63, 3.8) is 0 Å². The minimum Gasteiger partial charge on any atom is -0.487 e. The second-order valence-electron chi connectivity index (χ2n) is 3.35. The largest absolute Gasteiger partial charge is 0.487 e. The molecule has 0 radical (unpaired) electrons. The predicted octanol–water partition coefficient (Wildman–Crippen LogP) is 1.81. The van der Waals surface area contributed by atoms with Gasteiger partial charge in [0.05, 0.1) is 19.1 Å². The number of H-pyrrole nitrogens is 1. The molecule has 0 spiro atoms. The average molecular weight is 268 g/mol. The van der Waals surface area contributed by atoms with Gasteiger partial charge in [-0.1, -0.05) is 11.6 Å². The molecule has 0 aliphatic carbocycles. The highest BCUT2D eigenvalue weighted by molar-refractivity contribution is 6.30. The van der Waals surface area contributed by atoms with Gasteiger partial charge in [-0.15, -0.1) is 0 Å². The SMILES string of the molecule is COc1c(Oc2cc(Cl)ccc2N)nc[nH]c1=O. The van der Waals surface area contributed by atoms with E-state index in [9.17, 15) is 4.79 Å². The van der Waals surface area contributed by atoms with Crippen LogP contribution in [-0.2, 0) is 0 Å². The van der Waals surface area contributed by atoms with Crippen LogP contribution in [-0.4, -0.2) is 17.1 Å². The second kappa shape index (κ2) is 4.97. The molecule has 0 unspecified atom stereocenters. The maximum absolute atomic E-state index is 11.5. The summed E-state index contributed by atoms with van der Waals surface area (Å²) in [7, 11) is 1.35. The summed E-state index contributed by atoms with van der Waals surface area (Å²) in [4.78, 5) is 17.7. The fraction of sp³-hybridized carbons (Fsp3) is 0.0909. The van der Waals surface area contributed by atoms with Crippen molar-refractivity contribution in [2.45, 2.75) is 0 Å². The molecule has 0 saturated heterocycles. The number of nitrogens with zero attached hydrogens (tertiary/aromatic N) is 1. The fourth-order valence-electron chi connectivity index (χ4n) is 1.32. The quantitative estimate of drug-likeness (QED) is 0.828. The van der Waals surface area contributed by atoms with Crippen molar-refractivity contribution < 1.29 is 9.47 Å². The molecule has 0 saturated carbocycles. The van der Waals surface area contributed by atoms with Gasteiger partial charge in [0, 0.05) is 11.1 Å². The summed E-state index contributed by atoms with van der Waals surface area (Å²) in [5.41, 5.74) is 5.67. The lowest BCUT2D eigenvalue weighted by atomic mass is 10.3. The Morgan fingerprint density at radius 3 is 2.94 bits per heavy atom. The summed E-state index contributed by atoms with van der Waals surface area (Å²) in [6.07, 6.45) is 1.21. The predicted molar refractivity (Wildman–Crippen MR) is 67.3 cm³/mol. The highest BCUT2D eigenvalue weighted by Crippen LogP contribution is 2.31. The lowest BCUT2D eigenvalue weighted by Crippen LogP contribution is -2.11. The third-order valence-electron chi connectivity index (χ3n) is 2.16. The standard InChI is InChI=1S/C11H10ClN3O3/c1-17-9-10(16)14-5-15-11(9)18-8-4-6(12)2-3-7(8)13/h2-5H,13H2,1H3,(H,14,15,16). The number of ether oxygens (including phenoxy) is 2. The summed E-state index contributed by atoms with van der Waals surface area (Å²) < 4.78 is 10.3.